The molecular weight excluding hydrogens is 262 g/mol. The first-order chi connectivity index (χ1) is 10.2. The van der Waals surface area contributed by atoms with E-state index in [9.17, 15) is 0 Å². The van der Waals surface area contributed by atoms with Crippen LogP contribution in [0.4, 0.5) is 0 Å². The third-order valence-corrected chi connectivity index (χ3v) is 3.81. The highest BCUT2D eigenvalue weighted by molar-refractivity contribution is 5.40. The highest BCUT2D eigenvalue weighted by Crippen LogP contribution is 2.26. The maximum absolute atomic E-state index is 5.96. The van der Waals surface area contributed by atoms with Crippen molar-refractivity contribution in [2.24, 2.45) is 5.73 Å². The fourth-order valence-corrected chi connectivity index (χ4v) is 2.66. The summed E-state index contributed by atoms with van der Waals surface area (Å²) in [6.45, 7) is 3.43. The smallest absolute Gasteiger partial charge is 0.124 e. The highest BCUT2D eigenvalue weighted by atomic mass is 16.5. The molecule has 3 nitrogen and oxygen atoms in total. The summed E-state index contributed by atoms with van der Waals surface area (Å²) >= 11 is 0. The zero-order chi connectivity index (χ0) is 14.7. The molecule has 0 saturated heterocycles. The average molecular weight is 283 g/mol. The average Bonchev–Trinajstić information content (AvgIpc) is 2.95. The molecule has 0 amide bonds. The molecule has 1 unspecified atom stereocenters. The minimum atomic E-state index is -0.0154. The lowest BCUT2D eigenvalue weighted by Crippen LogP contribution is -2.09. The Kier molecular flexibility index (Phi) is 4.11. The second kappa shape index (κ2) is 6.19. The Morgan fingerprint density at radius 1 is 1.24 bits per heavy atom. The van der Waals surface area contributed by atoms with Crippen molar-refractivity contribution in [2.75, 3.05) is 13.2 Å². The van der Waals surface area contributed by atoms with Gasteiger partial charge in [0.25, 0.3) is 0 Å². The standard InChI is InChI=1S/C18H21NO2/c1-13(19)16-4-2-3-5-18(16)21-10-8-14-6-7-17-15(12-14)9-11-20-17/h2-7,12-13H,8-11,19H2,1H3. The number of ether oxygens (including phenoxy) is 2. The number of hydrogen-bond acceptors (Lipinski definition) is 3. The van der Waals surface area contributed by atoms with Crippen molar-refractivity contribution in [1.29, 1.82) is 0 Å². The van der Waals surface area contributed by atoms with Crippen LogP contribution in [-0.2, 0) is 12.8 Å². The zero-order valence-corrected chi connectivity index (χ0v) is 12.3. The number of rotatable bonds is 5. The van der Waals surface area contributed by atoms with Gasteiger partial charge in [0.05, 0.1) is 13.2 Å². The van der Waals surface area contributed by atoms with Crippen LogP contribution >= 0.6 is 0 Å². The van der Waals surface area contributed by atoms with Gasteiger partial charge in [0.15, 0.2) is 0 Å². The molecule has 0 radical (unpaired) electrons. The Morgan fingerprint density at radius 3 is 2.95 bits per heavy atom. The Balaban J connectivity index is 1.61. The molecule has 1 aliphatic heterocycles. The SMILES string of the molecule is CC(N)c1ccccc1OCCc1ccc2c(c1)CCO2. The molecule has 3 heteroatoms. The van der Waals surface area contributed by atoms with Gasteiger partial charge in [-0.1, -0.05) is 30.3 Å². The number of para-hydroxylation sites is 1. The van der Waals surface area contributed by atoms with E-state index in [2.05, 4.69) is 18.2 Å². The molecule has 3 rings (SSSR count). The highest BCUT2D eigenvalue weighted by Gasteiger charge is 2.12. The van der Waals surface area contributed by atoms with Crippen molar-refractivity contribution in [3.05, 3.63) is 59.2 Å². The lowest BCUT2D eigenvalue weighted by Gasteiger charge is -2.14. The molecule has 0 saturated carbocycles. The van der Waals surface area contributed by atoms with Gasteiger partial charge in [0.2, 0.25) is 0 Å². The molecule has 0 aromatic heterocycles. The van der Waals surface area contributed by atoms with Crippen LogP contribution in [0, 0.1) is 0 Å². The lowest BCUT2D eigenvalue weighted by atomic mass is 10.1. The molecule has 2 aromatic rings. The Hall–Kier alpha value is -2.00. The van der Waals surface area contributed by atoms with E-state index in [1.54, 1.807) is 0 Å². The van der Waals surface area contributed by atoms with Gasteiger partial charge < -0.3 is 15.2 Å². The van der Waals surface area contributed by atoms with Crippen LogP contribution in [0.2, 0.25) is 0 Å². The van der Waals surface area contributed by atoms with E-state index in [4.69, 9.17) is 15.2 Å². The normalized spacial score (nSPS) is 14.4. The maximum Gasteiger partial charge on any atom is 0.124 e. The van der Waals surface area contributed by atoms with Crippen LogP contribution < -0.4 is 15.2 Å². The van der Waals surface area contributed by atoms with E-state index in [0.29, 0.717) is 6.61 Å². The first-order valence-corrected chi connectivity index (χ1v) is 7.46. The van der Waals surface area contributed by atoms with Crippen molar-refractivity contribution in [3.8, 4) is 11.5 Å². The topological polar surface area (TPSA) is 44.5 Å². The summed E-state index contributed by atoms with van der Waals surface area (Å²) in [6, 6.07) is 14.4. The first-order valence-electron chi connectivity index (χ1n) is 7.46. The Morgan fingerprint density at radius 2 is 2.10 bits per heavy atom. The third-order valence-electron chi connectivity index (χ3n) is 3.81. The van der Waals surface area contributed by atoms with E-state index in [1.807, 2.05) is 31.2 Å². The third kappa shape index (κ3) is 3.19. The van der Waals surface area contributed by atoms with Crippen LogP contribution in [0.5, 0.6) is 11.5 Å². The summed E-state index contributed by atoms with van der Waals surface area (Å²) in [4.78, 5) is 0. The van der Waals surface area contributed by atoms with Crippen LogP contribution in [-0.4, -0.2) is 13.2 Å². The quantitative estimate of drug-likeness (QED) is 0.916. The van der Waals surface area contributed by atoms with E-state index in [0.717, 1.165) is 36.5 Å². The van der Waals surface area contributed by atoms with Gasteiger partial charge in [-0.2, -0.15) is 0 Å². The molecule has 110 valence electrons. The first kappa shape index (κ1) is 14.0. The van der Waals surface area contributed by atoms with E-state index in [-0.39, 0.29) is 6.04 Å². The molecule has 0 bridgehead atoms. The molecule has 0 fully saturated rings. The second-order valence-electron chi connectivity index (χ2n) is 5.47. The molecular formula is C18H21NO2. The van der Waals surface area contributed by atoms with Crippen LogP contribution in [0.15, 0.2) is 42.5 Å². The van der Waals surface area contributed by atoms with Gasteiger partial charge in [0, 0.05) is 24.4 Å². The second-order valence-corrected chi connectivity index (χ2v) is 5.47. The molecule has 2 aromatic carbocycles. The van der Waals surface area contributed by atoms with Gasteiger partial charge >= 0.3 is 0 Å². The fraction of sp³-hybridized carbons (Fsp3) is 0.333. The Bertz CT molecular complexity index is 622. The molecule has 1 aliphatic rings. The lowest BCUT2D eigenvalue weighted by molar-refractivity contribution is 0.317. The number of hydrogen-bond donors (Lipinski definition) is 1. The van der Waals surface area contributed by atoms with Crippen molar-refractivity contribution in [3.63, 3.8) is 0 Å². The minimum absolute atomic E-state index is 0.0154. The molecule has 0 spiro atoms. The van der Waals surface area contributed by atoms with Crippen molar-refractivity contribution in [2.45, 2.75) is 25.8 Å². The van der Waals surface area contributed by atoms with E-state index in [1.165, 1.54) is 11.1 Å². The predicted octanol–water partition coefficient (Wildman–Crippen LogP) is 3.26. The van der Waals surface area contributed by atoms with Crippen LogP contribution in [0.1, 0.15) is 29.7 Å². The summed E-state index contributed by atoms with van der Waals surface area (Å²) in [7, 11) is 0. The molecule has 1 atom stereocenters. The number of fused-ring (bicyclic) bond motifs is 1. The zero-order valence-electron chi connectivity index (χ0n) is 12.3. The summed E-state index contributed by atoms with van der Waals surface area (Å²) in [6.07, 6.45) is 1.90. The van der Waals surface area contributed by atoms with E-state index >= 15 is 0 Å². The fourth-order valence-electron chi connectivity index (χ4n) is 2.66. The maximum atomic E-state index is 5.96. The summed E-state index contributed by atoms with van der Waals surface area (Å²) in [5.74, 6) is 1.92. The van der Waals surface area contributed by atoms with Crippen molar-refractivity contribution in [1.82, 2.24) is 0 Å². The number of nitrogens with two attached hydrogens (primary N) is 1. The summed E-state index contributed by atoms with van der Waals surface area (Å²) < 4.78 is 11.4. The predicted molar refractivity (Wildman–Crippen MR) is 83.9 cm³/mol. The monoisotopic (exact) mass is 283 g/mol. The number of benzene rings is 2. The van der Waals surface area contributed by atoms with E-state index < -0.39 is 0 Å². The Labute approximate surface area is 125 Å². The van der Waals surface area contributed by atoms with Gasteiger partial charge in [-0.3, -0.25) is 0 Å². The molecule has 0 aliphatic carbocycles. The van der Waals surface area contributed by atoms with Crippen LogP contribution in [0.25, 0.3) is 0 Å². The van der Waals surface area contributed by atoms with Gasteiger partial charge in [-0.25, -0.2) is 0 Å². The van der Waals surface area contributed by atoms with Gasteiger partial charge in [-0.05, 0) is 30.2 Å². The summed E-state index contributed by atoms with van der Waals surface area (Å²) in [5, 5.41) is 0. The van der Waals surface area contributed by atoms with Gasteiger partial charge in [0.1, 0.15) is 11.5 Å². The van der Waals surface area contributed by atoms with Crippen molar-refractivity contribution >= 4 is 0 Å². The molecule has 1 heterocycles. The minimum Gasteiger partial charge on any atom is -0.493 e. The molecule has 2 N–H and O–H groups in total. The van der Waals surface area contributed by atoms with Crippen LogP contribution in [0.3, 0.4) is 0 Å². The molecule has 21 heavy (non-hydrogen) atoms. The largest absolute Gasteiger partial charge is 0.493 e. The van der Waals surface area contributed by atoms with Gasteiger partial charge in [-0.15, -0.1) is 0 Å². The summed E-state index contributed by atoms with van der Waals surface area (Å²) in [5.41, 5.74) is 9.62. The van der Waals surface area contributed by atoms with Crippen molar-refractivity contribution < 1.29 is 9.47 Å².